The van der Waals surface area contributed by atoms with Crippen LogP contribution in [-0.4, -0.2) is 4.89 Å². The monoisotopic (exact) mass is 518 g/mol. The van der Waals surface area contributed by atoms with Gasteiger partial charge in [-0.1, -0.05) is 54.6 Å². The van der Waals surface area contributed by atoms with Gasteiger partial charge in [-0.05, 0) is 49.3 Å². The maximum atomic E-state index is 13.3. The Morgan fingerprint density at radius 1 is 0.562 bits per heavy atom. The van der Waals surface area contributed by atoms with Gasteiger partial charge in [0, 0.05) is 0 Å². The molecule has 0 aromatic heterocycles. The van der Waals surface area contributed by atoms with Crippen molar-refractivity contribution >= 4 is 36.4 Å². The standard InChI is InChI=1S/C18H17O10P3S/c19-29(20,23-16-10-4-1-5-11-16)26-30(21,24-17-12-6-2-7-13-17)27-31(22,28-32)25-18-14-8-3-9-15-18/h1-15,32H,(H,19,20). The first-order valence-electron chi connectivity index (χ1n) is 8.74. The Hall–Kier alpha value is -2.06. The topological polar surface area (TPSA) is 127 Å². The van der Waals surface area contributed by atoms with Crippen molar-refractivity contribution in [3.05, 3.63) is 91.0 Å². The van der Waals surface area contributed by atoms with E-state index in [2.05, 4.69) is 16.9 Å². The summed E-state index contributed by atoms with van der Waals surface area (Å²) in [6.07, 6.45) is 0. The van der Waals surface area contributed by atoms with E-state index in [9.17, 15) is 18.6 Å². The minimum atomic E-state index is -5.17. The number of phosphoric acid groups is 3. The van der Waals surface area contributed by atoms with Crippen molar-refractivity contribution < 1.29 is 44.8 Å². The number of hydrogen-bond acceptors (Lipinski definition) is 10. The van der Waals surface area contributed by atoms with Gasteiger partial charge in [-0.2, -0.15) is 8.62 Å². The van der Waals surface area contributed by atoms with Crippen molar-refractivity contribution in [3.8, 4) is 17.2 Å². The number of benzene rings is 3. The van der Waals surface area contributed by atoms with Crippen LogP contribution in [0.1, 0.15) is 0 Å². The van der Waals surface area contributed by atoms with Gasteiger partial charge in [0.2, 0.25) is 0 Å². The minimum Gasteiger partial charge on any atom is -0.404 e. The lowest BCUT2D eigenvalue weighted by molar-refractivity contribution is 0.220. The second kappa shape index (κ2) is 10.7. The zero-order chi connectivity index (χ0) is 23.1. The van der Waals surface area contributed by atoms with Gasteiger partial charge in [-0.15, -0.1) is 0 Å². The van der Waals surface area contributed by atoms with Gasteiger partial charge >= 0.3 is 23.5 Å². The molecule has 0 radical (unpaired) electrons. The normalized spacial score (nSPS) is 16.7. The van der Waals surface area contributed by atoms with Crippen LogP contribution in [0, 0.1) is 0 Å². The molecule has 0 saturated carbocycles. The highest BCUT2D eigenvalue weighted by Crippen LogP contribution is 2.71. The number of thiol groups is 1. The lowest BCUT2D eigenvalue weighted by Gasteiger charge is -2.23. The molecule has 3 atom stereocenters. The van der Waals surface area contributed by atoms with Crippen LogP contribution in [0.3, 0.4) is 0 Å². The van der Waals surface area contributed by atoms with Gasteiger partial charge in [0.05, 0.1) is 0 Å². The van der Waals surface area contributed by atoms with Gasteiger partial charge in [0.15, 0.2) is 0 Å². The van der Waals surface area contributed by atoms with Crippen molar-refractivity contribution in [1.82, 2.24) is 0 Å². The van der Waals surface area contributed by atoms with Crippen LogP contribution in [0.4, 0.5) is 0 Å². The molecule has 0 aliphatic carbocycles. The lowest BCUT2D eigenvalue weighted by Crippen LogP contribution is -2.06. The van der Waals surface area contributed by atoms with Gasteiger partial charge in [0.25, 0.3) is 0 Å². The second-order valence-corrected chi connectivity index (χ2v) is 11.1. The molecule has 3 aromatic rings. The average Bonchev–Trinajstić information content (AvgIpc) is 2.74. The van der Waals surface area contributed by atoms with E-state index in [1.54, 1.807) is 30.3 Å². The first-order valence-corrected chi connectivity index (χ1v) is 13.5. The Bertz CT molecular complexity index is 1150. The van der Waals surface area contributed by atoms with Crippen molar-refractivity contribution in [2.45, 2.75) is 0 Å². The van der Waals surface area contributed by atoms with Crippen molar-refractivity contribution in [1.29, 1.82) is 0 Å². The van der Waals surface area contributed by atoms with Crippen LogP contribution >= 0.6 is 36.4 Å². The molecule has 170 valence electrons. The fourth-order valence-corrected chi connectivity index (χ4v) is 6.78. The zero-order valence-electron chi connectivity index (χ0n) is 16.1. The van der Waals surface area contributed by atoms with E-state index >= 15 is 0 Å². The van der Waals surface area contributed by atoms with Crippen LogP contribution in [0.25, 0.3) is 0 Å². The molecule has 3 rings (SSSR count). The first-order chi connectivity index (χ1) is 15.2. The molecule has 0 bridgehead atoms. The summed E-state index contributed by atoms with van der Waals surface area (Å²) in [5.74, 6) is -0.163. The quantitative estimate of drug-likeness (QED) is 0.166. The SMILES string of the molecule is O=P(O)(Oc1ccccc1)OP(=O)(Oc1ccccc1)OP(=O)(OS)Oc1ccccc1. The molecule has 0 amide bonds. The summed E-state index contributed by atoms with van der Waals surface area (Å²) in [5.41, 5.74) is 0. The highest BCUT2D eigenvalue weighted by atomic mass is 32.1. The Balaban J connectivity index is 1.88. The van der Waals surface area contributed by atoms with E-state index < -0.39 is 23.5 Å². The van der Waals surface area contributed by atoms with Crippen LogP contribution in [0.15, 0.2) is 91.0 Å². The molecule has 1 N–H and O–H groups in total. The molecule has 32 heavy (non-hydrogen) atoms. The number of rotatable bonds is 11. The summed E-state index contributed by atoms with van der Waals surface area (Å²) < 4.78 is 67.9. The molecule has 0 spiro atoms. The van der Waals surface area contributed by atoms with E-state index in [4.69, 9.17) is 22.2 Å². The summed E-state index contributed by atoms with van der Waals surface area (Å²) in [4.78, 5) is 10.1. The lowest BCUT2D eigenvalue weighted by atomic mass is 10.3. The smallest absolute Gasteiger partial charge is 0.404 e. The summed E-state index contributed by atoms with van der Waals surface area (Å²) in [7, 11) is -15.1. The first kappa shape index (κ1) is 24.6. The van der Waals surface area contributed by atoms with Crippen LogP contribution in [0.2, 0.25) is 0 Å². The van der Waals surface area contributed by atoms with E-state index in [0.29, 0.717) is 0 Å². The van der Waals surface area contributed by atoms with Crippen molar-refractivity contribution in [2.75, 3.05) is 0 Å². The fourth-order valence-electron chi connectivity index (χ4n) is 2.20. The number of para-hydroxylation sites is 3. The highest BCUT2D eigenvalue weighted by molar-refractivity contribution is 7.82. The maximum absolute atomic E-state index is 13.3. The molecule has 0 fully saturated rings. The second-order valence-electron chi connectivity index (χ2n) is 5.82. The van der Waals surface area contributed by atoms with E-state index in [1.807, 2.05) is 0 Å². The van der Waals surface area contributed by atoms with Gasteiger partial charge in [-0.3, -0.25) is 4.89 Å². The molecular weight excluding hydrogens is 501 g/mol. The molecule has 0 aliphatic heterocycles. The summed E-state index contributed by atoms with van der Waals surface area (Å²) in [6.45, 7) is 0. The van der Waals surface area contributed by atoms with Crippen LogP contribution < -0.4 is 13.6 Å². The van der Waals surface area contributed by atoms with E-state index in [0.717, 1.165) is 0 Å². The Morgan fingerprint density at radius 3 is 1.34 bits per heavy atom. The van der Waals surface area contributed by atoms with Gasteiger partial charge in [0.1, 0.15) is 17.2 Å². The zero-order valence-corrected chi connectivity index (χ0v) is 19.6. The van der Waals surface area contributed by atoms with Gasteiger partial charge < -0.3 is 13.6 Å². The van der Waals surface area contributed by atoms with E-state index in [-0.39, 0.29) is 17.2 Å². The maximum Gasteiger partial charge on any atom is 0.551 e. The van der Waals surface area contributed by atoms with Gasteiger partial charge in [-0.25, -0.2) is 17.7 Å². The molecule has 0 saturated heterocycles. The summed E-state index contributed by atoms with van der Waals surface area (Å²) in [5, 5.41) is 0. The van der Waals surface area contributed by atoms with E-state index in [1.165, 1.54) is 60.7 Å². The Morgan fingerprint density at radius 2 is 0.938 bits per heavy atom. The molecule has 0 heterocycles. The predicted octanol–water partition coefficient (Wildman–Crippen LogP) is 6.43. The highest BCUT2D eigenvalue weighted by Gasteiger charge is 2.49. The molecule has 3 aromatic carbocycles. The average molecular weight is 518 g/mol. The Labute approximate surface area is 189 Å². The summed E-state index contributed by atoms with van der Waals surface area (Å²) in [6, 6.07) is 22.4. The third kappa shape index (κ3) is 7.52. The summed E-state index contributed by atoms with van der Waals surface area (Å²) >= 11 is 3.45. The predicted molar refractivity (Wildman–Crippen MR) is 118 cm³/mol. The van der Waals surface area contributed by atoms with Crippen molar-refractivity contribution in [2.24, 2.45) is 0 Å². The largest absolute Gasteiger partial charge is 0.551 e. The van der Waals surface area contributed by atoms with Crippen LogP contribution in [0.5, 0.6) is 17.2 Å². The molecule has 14 heteroatoms. The van der Waals surface area contributed by atoms with Crippen molar-refractivity contribution in [3.63, 3.8) is 0 Å². The third-order valence-corrected chi connectivity index (χ3v) is 8.72. The van der Waals surface area contributed by atoms with Crippen LogP contribution in [-0.2, 0) is 26.3 Å². The number of hydrogen-bond donors (Lipinski definition) is 2. The fraction of sp³-hybridized carbons (Fsp3) is 0. The molecule has 10 nitrogen and oxygen atoms in total. The minimum absolute atomic E-state index is 0.00358. The molecular formula is C18H17O10P3S. The molecule has 3 unspecified atom stereocenters. The molecule has 0 aliphatic rings. The Kier molecular flexibility index (Phi) is 8.22. The number of phosphoric ester groups is 1. The third-order valence-electron chi connectivity index (χ3n) is 3.39.